The number of esters is 4. The second-order valence-electron chi connectivity index (χ2n) is 23.8. The molecule has 0 aromatic rings. The second-order valence-corrected chi connectivity index (χ2v) is 23.8. The van der Waals surface area contributed by atoms with Crippen LogP contribution in [-0.4, -0.2) is 79.9 Å². The number of carbonyl (C=O) groups excluding carboxylic acids is 4. The third kappa shape index (κ3) is 33.4. The van der Waals surface area contributed by atoms with Crippen molar-refractivity contribution in [2.24, 2.45) is 5.92 Å². The number of hydrogen-bond donors (Lipinski definition) is 1. The van der Waals surface area contributed by atoms with E-state index >= 15 is 0 Å². The maximum atomic E-state index is 14.1. The highest BCUT2D eigenvalue weighted by molar-refractivity contribution is 5.72. The normalized spacial score (nSPS) is 21.8. The lowest BCUT2D eigenvalue weighted by molar-refractivity contribution is -0.310. The number of unbranched alkanes of at least 4 members (excludes halogenated alkanes) is 32. The van der Waals surface area contributed by atoms with Gasteiger partial charge < -0.3 is 33.7 Å². The van der Waals surface area contributed by atoms with Crippen LogP contribution in [0.1, 0.15) is 329 Å². The molecule has 11 nitrogen and oxygen atoms in total. The highest BCUT2D eigenvalue weighted by atomic mass is 16.7. The Morgan fingerprint density at radius 3 is 1.14 bits per heavy atom. The topological polar surface area (TPSA) is 136 Å². The van der Waals surface area contributed by atoms with Gasteiger partial charge in [-0.3, -0.25) is 19.2 Å². The van der Waals surface area contributed by atoms with Crippen LogP contribution in [-0.2, 0) is 47.6 Å². The molecule has 76 heavy (non-hydrogen) atoms. The van der Waals surface area contributed by atoms with E-state index in [1.54, 1.807) is 0 Å². The number of nitrogens with one attached hydrogen (secondary N) is 1. The molecule has 444 valence electrons. The highest BCUT2D eigenvalue weighted by Crippen LogP contribution is 2.34. The molecule has 0 aromatic carbocycles. The zero-order chi connectivity index (χ0) is 54.5. The van der Waals surface area contributed by atoms with E-state index in [1.165, 1.54) is 161 Å². The third-order valence-corrected chi connectivity index (χ3v) is 16.6. The molecule has 1 heterocycles. The van der Waals surface area contributed by atoms with E-state index in [0.29, 0.717) is 38.0 Å². The predicted molar refractivity (Wildman–Crippen MR) is 309 cm³/mol. The summed E-state index contributed by atoms with van der Waals surface area (Å²) in [5.41, 5.74) is 0. The van der Waals surface area contributed by atoms with Crippen molar-refractivity contribution in [3.63, 3.8) is 0 Å². The summed E-state index contributed by atoms with van der Waals surface area (Å²) in [6.07, 6.45) is 43.5. The Labute approximate surface area is 466 Å². The quantitative estimate of drug-likeness (QED) is 0.0354. The van der Waals surface area contributed by atoms with Gasteiger partial charge in [0.1, 0.15) is 12.7 Å². The lowest BCUT2D eigenvalue weighted by Gasteiger charge is -2.44. The lowest BCUT2D eigenvalue weighted by atomic mass is 9.97. The van der Waals surface area contributed by atoms with Gasteiger partial charge in [0.25, 0.3) is 0 Å². The largest absolute Gasteiger partial charge is 0.463 e. The molecule has 7 atom stereocenters. The van der Waals surface area contributed by atoms with E-state index in [0.717, 1.165) is 96.3 Å². The van der Waals surface area contributed by atoms with Crippen molar-refractivity contribution in [3.05, 3.63) is 0 Å². The van der Waals surface area contributed by atoms with Gasteiger partial charge in [-0.25, -0.2) is 0 Å². The number of carbonyl (C=O) groups is 4. The van der Waals surface area contributed by atoms with Crippen LogP contribution in [0.25, 0.3) is 0 Å². The third-order valence-electron chi connectivity index (χ3n) is 16.6. The van der Waals surface area contributed by atoms with Crippen molar-refractivity contribution in [2.75, 3.05) is 13.2 Å². The molecule has 2 saturated carbocycles. The smallest absolute Gasteiger partial charge is 0.306 e. The van der Waals surface area contributed by atoms with Gasteiger partial charge in [-0.1, -0.05) is 246 Å². The first-order valence-electron chi connectivity index (χ1n) is 33.0. The first-order chi connectivity index (χ1) is 37.3. The average Bonchev–Trinajstić information content (AvgIpc) is 4.12. The molecule has 3 aliphatic rings. The standard InChI is InChI=1S/C65H119NO10/c1-5-9-13-17-21-25-29-33-37-45-58(67)71-53-57-62(74-59(68)46-38-34-30-26-22-18-14-10-6-2)63(75-60(69)47-39-35-31-27-23-19-15-11-7-3)64(76-61(70)48-40-36-32-28-24-20-16-12-8-4)65(73-57)72-52-54-49-50-56(51-54)66-55-43-41-42-44-55/h54-57,62-66H,5-53H2,1-4H3/t54?,56?,57-,62+,63+,64-,65-/m1/s1. The van der Waals surface area contributed by atoms with Crippen LogP contribution >= 0.6 is 0 Å². The minimum atomic E-state index is -1.22. The van der Waals surface area contributed by atoms with Gasteiger partial charge in [0.05, 0.1) is 6.61 Å². The maximum absolute atomic E-state index is 14.1. The fourth-order valence-electron chi connectivity index (χ4n) is 11.8. The minimum absolute atomic E-state index is 0.187. The summed E-state index contributed by atoms with van der Waals surface area (Å²) < 4.78 is 38.7. The van der Waals surface area contributed by atoms with Gasteiger partial charge >= 0.3 is 23.9 Å². The molecule has 0 radical (unpaired) electrons. The van der Waals surface area contributed by atoms with E-state index in [1.807, 2.05) is 0 Å². The zero-order valence-electron chi connectivity index (χ0n) is 49.8. The number of rotatable bonds is 50. The summed E-state index contributed by atoms with van der Waals surface area (Å²) in [4.78, 5) is 55.5. The van der Waals surface area contributed by atoms with Gasteiger partial charge in [-0.15, -0.1) is 0 Å². The van der Waals surface area contributed by atoms with Gasteiger partial charge in [-0.2, -0.15) is 0 Å². The lowest BCUT2D eigenvalue weighted by Crippen LogP contribution is -2.63. The van der Waals surface area contributed by atoms with Gasteiger partial charge in [0.2, 0.25) is 0 Å². The van der Waals surface area contributed by atoms with Crippen LogP contribution < -0.4 is 5.32 Å². The van der Waals surface area contributed by atoms with E-state index < -0.39 is 48.6 Å². The predicted octanol–water partition coefficient (Wildman–Crippen LogP) is 17.4. The monoisotopic (exact) mass is 1070 g/mol. The molecule has 1 aliphatic heterocycles. The molecule has 0 amide bonds. The first kappa shape index (κ1) is 68.0. The molecule has 1 N–H and O–H groups in total. The summed E-state index contributed by atoms with van der Waals surface area (Å²) in [5.74, 6) is -1.38. The fraction of sp³-hybridized carbons (Fsp3) is 0.938. The Morgan fingerprint density at radius 2 is 0.737 bits per heavy atom. The van der Waals surface area contributed by atoms with Crippen molar-refractivity contribution >= 4 is 23.9 Å². The summed E-state index contributed by atoms with van der Waals surface area (Å²) in [6.45, 7) is 9.09. The van der Waals surface area contributed by atoms with Crippen LogP contribution in [0.4, 0.5) is 0 Å². The molecule has 0 spiro atoms. The number of ether oxygens (including phenoxy) is 6. The van der Waals surface area contributed by atoms with Crippen LogP contribution in [0.5, 0.6) is 0 Å². The number of hydrogen-bond acceptors (Lipinski definition) is 11. The van der Waals surface area contributed by atoms with Crippen LogP contribution in [0.15, 0.2) is 0 Å². The van der Waals surface area contributed by atoms with Crippen LogP contribution in [0.3, 0.4) is 0 Å². The van der Waals surface area contributed by atoms with E-state index in [-0.39, 0.29) is 44.2 Å². The average molecular weight is 1070 g/mol. The van der Waals surface area contributed by atoms with E-state index in [2.05, 4.69) is 33.0 Å². The molecule has 3 rings (SSSR count). The molecule has 0 bridgehead atoms. The second kappa shape index (κ2) is 46.5. The van der Waals surface area contributed by atoms with Gasteiger partial charge in [0.15, 0.2) is 24.6 Å². The Hall–Kier alpha value is -2.24. The van der Waals surface area contributed by atoms with E-state index in [9.17, 15) is 19.2 Å². The van der Waals surface area contributed by atoms with Gasteiger partial charge in [0, 0.05) is 37.8 Å². The Kier molecular flexibility index (Phi) is 41.6. The van der Waals surface area contributed by atoms with Crippen molar-refractivity contribution in [2.45, 2.75) is 372 Å². The molecular weight excluding hydrogens is 955 g/mol. The molecule has 3 fully saturated rings. The van der Waals surface area contributed by atoms with Gasteiger partial charge in [-0.05, 0) is 63.7 Å². The Bertz CT molecular complexity index is 1420. The summed E-state index contributed by atoms with van der Waals surface area (Å²) in [7, 11) is 0. The molecule has 1 saturated heterocycles. The van der Waals surface area contributed by atoms with Crippen molar-refractivity contribution in [1.29, 1.82) is 0 Å². The van der Waals surface area contributed by atoms with E-state index in [4.69, 9.17) is 28.4 Å². The highest BCUT2D eigenvalue weighted by Gasteiger charge is 2.53. The zero-order valence-corrected chi connectivity index (χ0v) is 49.8. The summed E-state index contributed by atoms with van der Waals surface area (Å²) in [5, 5.41) is 3.91. The molecular formula is C65H119NO10. The maximum Gasteiger partial charge on any atom is 0.306 e. The molecule has 0 aromatic heterocycles. The van der Waals surface area contributed by atoms with Crippen molar-refractivity contribution in [1.82, 2.24) is 5.32 Å². The fourth-order valence-corrected chi connectivity index (χ4v) is 11.8. The summed E-state index contributed by atoms with van der Waals surface area (Å²) in [6, 6.07) is 1.01. The molecule has 2 unspecified atom stereocenters. The first-order valence-corrected chi connectivity index (χ1v) is 33.0. The van der Waals surface area contributed by atoms with Crippen molar-refractivity contribution in [3.8, 4) is 0 Å². The minimum Gasteiger partial charge on any atom is -0.463 e. The van der Waals surface area contributed by atoms with Crippen LogP contribution in [0.2, 0.25) is 0 Å². The SMILES string of the molecule is CCCCCCCCCCCC(=O)OC[C@H]1O[C@@H](OCC2CCC(NC3CCCC3)C2)[C@H](OC(=O)CCCCCCCCCCC)[C@@H](OC(=O)CCCCCCCCCCC)[C@H]1OC(=O)CCCCCCCCCCC. The van der Waals surface area contributed by atoms with Crippen LogP contribution in [0, 0.1) is 5.92 Å². The Morgan fingerprint density at radius 1 is 0.382 bits per heavy atom. The molecule has 11 heteroatoms. The molecule has 2 aliphatic carbocycles. The summed E-state index contributed by atoms with van der Waals surface area (Å²) >= 11 is 0. The van der Waals surface area contributed by atoms with Crippen molar-refractivity contribution < 1.29 is 47.6 Å². The Balaban J connectivity index is 1.83.